The molecule has 3 heterocycles. The van der Waals surface area contributed by atoms with E-state index in [1.807, 2.05) is 12.3 Å². The standard InChI is InChI=1S/C26H33N3O3/c1-16-9-19-13-27-23(28-24(31)21-12-26(21)5-6-26)11-18(19)10-20(16)17-3-7-29(8-4-17)25(2)15-32-14-22(25)30/h9-11,13,17,21-22,30H,3-8,12,14-15H2,1-2H3,(H,27,28,31)/t21-,22+,25-/m0/s1. The first-order chi connectivity index (χ1) is 15.4. The van der Waals surface area contributed by atoms with Gasteiger partial charge in [-0.05, 0) is 99.0 Å². The number of aromatic nitrogens is 1. The highest BCUT2D eigenvalue weighted by molar-refractivity contribution is 5.96. The van der Waals surface area contributed by atoms with Gasteiger partial charge in [0.15, 0.2) is 0 Å². The third kappa shape index (κ3) is 3.35. The molecule has 3 atom stereocenters. The fraction of sp³-hybridized carbons (Fsp3) is 0.615. The van der Waals surface area contributed by atoms with E-state index in [2.05, 4.69) is 41.2 Å². The van der Waals surface area contributed by atoms with Crippen molar-refractivity contribution in [3.8, 4) is 0 Å². The molecule has 2 saturated heterocycles. The summed E-state index contributed by atoms with van der Waals surface area (Å²) in [6.07, 6.45) is 7.10. The molecule has 6 nitrogen and oxygen atoms in total. The molecule has 4 aliphatic rings. The highest BCUT2D eigenvalue weighted by Crippen LogP contribution is 2.70. The van der Waals surface area contributed by atoms with Crippen LogP contribution < -0.4 is 5.32 Å². The number of hydrogen-bond donors (Lipinski definition) is 2. The molecule has 1 spiro atoms. The van der Waals surface area contributed by atoms with Crippen LogP contribution in [0, 0.1) is 18.3 Å². The van der Waals surface area contributed by atoms with E-state index in [1.54, 1.807) is 0 Å². The SMILES string of the molecule is Cc1cc2cnc(NC(=O)[C@@H]3CC34CC4)cc2cc1C1CCN([C@@]2(C)COC[C@H]2O)CC1. The van der Waals surface area contributed by atoms with Crippen molar-refractivity contribution in [2.75, 3.05) is 31.6 Å². The van der Waals surface area contributed by atoms with Gasteiger partial charge in [0.25, 0.3) is 0 Å². The normalized spacial score (nSPS) is 31.8. The molecule has 6 rings (SSSR count). The fourth-order valence-corrected chi connectivity index (χ4v) is 6.13. The molecular formula is C26H33N3O3. The molecule has 2 N–H and O–H groups in total. The van der Waals surface area contributed by atoms with Crippen LogP contribution in [-0.2, 0) is 9.53 Å². The molecule has 2 aliphatic heterocycles. The first-order valence-electron chi connectivity index (χ1n) is 12.1. The molecule has 32 heavy (non-hydrogen) atoms. The van der Waals surface area contributed by atoms with E-state index in [1.165, 1.54) is 24.0 Å². The number of carbonyl (C=O) groups excluding carboxylic acids is 1. The Bertz CT molecular complexity index is 1070. The Hall–Kier alpha value is -2.02. The maximum atomic E-state index is 12.5. The van der Waals surface area contributed by atoms with Crippen molar-refractivity contribution in [3.05, 3.63) is 35.5 Å². The minimum Gasteiger partial charge on any atom is -0.389 e. The lowest BCUT2D eigenvalue weighted by Crippen LogP contribution is -2.56. The number of aliphatic hydroxyl groups excluding tert-OH is 1. The van der Waals surface area contributed by atoms with Crippen LogP contribution in [0.5, 0.6) is 0 Å². The number of fused-ring (bicyclic) bond motifs is 1. The number of nitrogens with one attached hydrogen (secondary N) is 1. The number of carbonyl (C=O) groups is 1. The second-order valence-electron chi connectivity index (χ2n) is 10.9. The molecule has 0 bridgehead atoms. The third-order valence-corrected chi connectivity index (χ3v) is 8.80. The number of aliphatic hydroxyl groups is 1. The molecule has 1 aromatic heterocycles. The van der Waals surface area contributed by atoms with Gasteiger partial charge in [-0.25, -0.2) is 4.98 Å². The zero-order chi connectivity index (χ0) is 22.1. The van der Waals surface area contributed by atoms with Gasteiger partial charge in [-0.1, -0.05) is 6.07 Å². The van der Waals surface area contributed by atoms with Crippen LogP contribution in [0.2, 0.25) is 0 Å². The summed E-state index contributed by atoms with van der Waals surface area (Å²) in [5, 5.41) is 15.7. The second-order valence-corrected chi connectivity index (χ2v) is 10.9. The number of pyridine rings is 1. The minimum atomic E-state index is -0.409. The van der Waals surface area contributed by atoms with Crippen molar-refractivity contribution in [3.63, 3.8) is 0 Å². The van der Waals surface area contributed by atoms with Crippen molar-refractivity contribution in [1.82, 2.24) is 9.88 Å². The maximum Gasteiger partial charge on any atom is 0.229 e. The number of likely N-dealkylation sites (tertiary alicyclic amines) is 1. The second kappa shape index (κ2) is 7.24. The Morgan fingerprint density at radius 3 is 2.66 bits per heavy atom. The predicted octanol–water partition coefficient (Wildman–Crippen LogP) is 3.61. The van der Waals surface area contributed by atoms with Crippen LogP contribution in [0.25, 0.3) is 10.8 Å². The summed E-state index contributed by atoms with van der Waals surface area (Å²) >= 11 is 0. The Labute approximate surface area is 189 Å². The molecule has 4 fully saturated rings. The van der Waals surface area contributed by atoms with Crippen molar-refractivity contribution in [2.24, 2.45) is 11.3 Å². The largest absolute Gasteiger partial charge is 0.389 e. The minimum absolute atomic E-state index is 0.139. The molecule has 2 aromatic rings. The Morgan fingerprint density at radius 1 is 1.22 bits per heavy atom. The molecule has 2 aliphatic carbocycles. The van der Waals surface area contributed by atoms with Crippen molar-refractivity contribution < 1.29 is 14.6 Å². The van der Waals surface area contributed by atoms with E-state index in [0.717, 1.165) is 43.1 Å². The van der Waals surface area contributed by atoms with Crippen LogP contribution >= 0.6 is 0 Å². The fourth-order valence-electron chi connectivity index (χ4n) is 6.13. The lowest BCUT2D eigenvalue weighted by atomic mass is 9.83. The highest BCUT2D eigenvalue weighted by Gasteiger charge is 2.65. The van der Waals surface area contributed by atoms with E-state index in [9.17, 15) is 9.90 Å². The topological polar surface area (TPSA) is 74.7 Å². The summed E-state index contributed by atoms with van der Waals surface area (Å²) in [6.45, 7) is 7.31. The van der Waals surface area contributed by atoms with Gasteiger partial charge in [-0.15, -0.1) is 0 Å². The number of hydrogen-bond acceptors (Lipinski definition) is 5. The summed E-state index contributed by atoms with van der Waals surface area (Å²) in [4.78, 5) is 19.5. The number of amides is 1. The molecule has 170 valence electrons. The van der Waals surface area contributed by atoms with E-state index in [0.29, 0.717) is 30.4 Å². The van der Waals surface area contributed by atoms with Crippen molar-refractivity contribution in [1.29, 1.82) is 0 Å². The molecule has 1 amide bonds. The zero-order valence-corrected chi connectivity index (χ0v) is 19.1. The summed E-state index contributed by atoms with van der Waals surface area (Å²) in [6, 6.07) is 6.56. The van der Waals surface area contributed by atoms with Crippen molar-refractivity contribution in [2.45, 2.75) is 63.5 Å². The molecule has 6 heteroatoms. The van der Waals surface area contributed by atoms with Crippen LogP contribution in [0.4, 0.5) is 5.82 Å². The number of benzene rings is 1. The van der Waals surface area contributed by atoms with Gasteiger partial charge in [-0.3, -0.25) is 9.69 Å². The van der Waals surface area contributed by atoms with Gasteiger partial charge in [0.05, 0.1) is 24.9 Å². The predicted molar refractivity (Wildman–Crippen MR) is 124 cm³/mol. The maximum absolute atomic E-state index is 12.5. The van der Waals surface area contributed by atoms with Crippen molar-refractivity contribution >= 4 is 22.5 Å². The van der Waals surface area contributed by atoms with Gasteiger partial charge in [0, 0.05) is 17.5 Å². The lowest BCUT2D eigenvalue weighted by Gasteiger charge is -2.44. The van der Waals surface area contributed by atoms with E-state index in [-0.39, 0.29) is 17.4 Å². The van der Waals surface area contributed by atoms with Gasteiger partial charge >= 0.3 is 0 Å². The zero-order valence-electron chi connectivity index (χ0n) is 19.1. The van der Waals surface area contributed by atoms with Gasteiger partial charge in [0.1, 0.15) is 5.82 Å². The number of ether oxygens (including phenoxy) is 1. The third-order valence-electron chi connectivity index (χ3n) is 8.80. The lowest BCUT2D eigenvalue weighted by molar-refractivity contribution is -0.117. The number of rotatable bonds is 4. The van der Waals surface area contributed by atoms with E-state index >= 15 is 0 Å². The molecule has 0 radical (unpaired) electrons. The van der Waals surface area contributed by atoms with Gasteiger partial charge < -0.3 is 15.2 Å². The smallest absolute Gasteiger partial charge is 0.229 e. The summed E-state index contributed by atoms with van der Waals surface area (Å²) in [5.41, 5.74) is 2.80. The quantitative estimate of drug-likeness (QED) is 0.767. The average Bonchev–Trinajstić information content (AvgIpc) is 3.70. The Kier molecular flexibility index (Phi) is 4.66. The average molecular weight is 436 g/mol. The number of nitrogens with zero attached hydrogens (tertiary/aromatic N) is 2. The monoisotopic (exact) mass is 435 g/mol. The first kappa shape index (κ1) is 20.6. The summed E-state index contributed by atoms with van der Waals surface area (Å²) < 4.78 is 5.55. The Balaban J connectivity index is 1.18. The van der Waals surface area contributed by atoms with Crippen LogP contribution in [-0.4, -0.2) is 58.8 Å². The molecule has 2 saturated carbocycles. The first-order valence-corrected chi connectivity index (χ1v) is 12.1. The van der Waals surface area contributed by atoms with Crippen LogP contribution in [0.1, 0.15) is 56.1 Å². The molecule has 0 unspecified atom stereocenters. The van der Waals surface area contributed by atoms with Crippen LogP contribution in [0.15, 0.2) is 24.4 Å². The van der Waals surface area contributed by atoms with Crippen LogP contribution in [0.3, 0.4) is 0 Å². The molecule has 1 aromatic carbocycles. The summed E-state index contributed by atoms with van der Waals surface area (Å²) in [7, 11) is 0. The Morgan fingerprint density at radius 2 is 2.00 bits per heavy atom. The number of piperidine rings is 1. The highest BCUT2D eigenvalue weighted by atomic mass is 16.5. The molecular weight excluding hydrogens is 402 g/mol. The number of anilines is 1. The van der Waals surface area contributed by atoms with E-state index in [4.69, 9.17) is 4.74 Å². The van der Waals surface area contributed by atoms with Gasteiger partial charge in [-0.2, -0.15) is 0 Å². The van der Waals surface area contributed by atoms with E-state index < -0.39 is 6.10 Å². The number of aryl methyl sites for hydroxylation is 1. The summed E-state index contributed by atoms with van der Waals surface area (Å²) in [5.74, 6) is 1.51. The van der Waals surface area contributed by atoms with Gasteiger partial charge in [0.2, 0.25) is 5.91 Å².